The third kappa shape index (κ3) is 12.4. The highest BCUT2D eigenvalue weighted by Gasteiger charge is 2.13. The Bertz CT molecular complexity index is 365. The average molecular weight is 365 g/mol. The van der Waals surface area contributed by atoms with E-state index in [1.165, 1.54) is 89.9 Å². The molecule has 0 saturated carbocycles. The lowest BCUT2D eigenvalue weighted by Gasteiger charge is -2.21. The van der Waals surface area contributed by atoms with E-state index in [2.05, 4.69) is 24.1 Å². The first-order valence-corrected chi connectivity index (χ1v) is 11.3. The highest BCUT2D eigenvalue weighted by Crippen LogP contribution is 2.14. The molecule has 26 heavy (non-hydrogen) atoms. The predicted molar refractivity (Wildman–Crippen MR) is 113 cm³/mol. The lowest BCUT2D eigenvalue weighted by molar-refractivity contribution is 0.0468. The first-order chi connectivity index (χ1) is 12.7. The zero-order valence-corrected chi connectivity index (χ0v) is 17.5. The lowest BCUT2D eigenvalue weighted by atomic mass is 10.0. The van der Waals surface area contributed by atoms with E-state index in [4.69, 9.17) is 0 Å². The molecule has 0 radical (unpaired) electrons. The summed E-state index contributed by atoms with van der Waals surface area (Å²) in [6, 6.07) is 0. The van der Waals surface area contributed by atoms with Crippen LogP contribution in [0.4, 0.5) is 0 Å². The molecule has 1 aliphatic rings. The van der Waals surface area contributed by atoms with Gasteiger partial charge >= 0.3 is 0 Å². The molecule has 0 aromatic carbocycles. The van der Waals surface area contributed by atoms with E-state index in [-0.39, 0.29) is 0 Å². The zero-order chi connectivity index (χ0) is 18.9. The number of allylic oxidation sites excluding steroid dienone is 1. The molecule has 0 fully saturated rings. The van der Waals surface area contributed by atoms with Crippen LogP contribution in [0.15, 0.2) is 24.7 Å². The second-order valence-electron chi connectivity index (χ2n) is 7.87. The number of rotatable bonds is 17. The summed E-state index contributed by atoms with van der Waals surface area (Å²) in [5, 5.41) is 9.51. The fourth-order valence-corrected chi connectivity index (χ4v) is 3.46. The molecule has 1 rings (SSSR count). The molecule has 0 aromatic heterocycles. The first-order valence-electron chi connectivity index (χ1n) is 11.3. The van der Waals surface area contributed by atoms with E-state index in [1.54, 1.807) is 6.92 Å². The first kappa shape index (κ1) is 23.1. The van der Waals surface area contributed by atoms with Gasteiger partial charge in [0.1, 0.15) is 6.23 Å². The molecule has 1 N–H and O–H groups in total. The summed E-state index contributed by atoms with van der Waals surface area (Å²) in [5.41, 5.74) is 0. The Morgan fingerprint density at radius 2 is 1.31 bits per heavy atom. The van der Waals surface area contributed by atoms with Crippen molar-refractivity contribution >= 4 is 0 Å². The molecule has 0 bridgehead atoms. The molecular weight excluding hydrogens is 320 g/mol. The van der Waals surface area contributed by atoms with Crippen molar-refractivity contribution in [3.05, 3.63) is 24.7 Å². The van der Waals surface area contributed by atoms with Gasteiger partial charge in [-0.1, -0.05) is 96.5 Å². The summed E-state index contributed by atoms with van der Waals surface area (Å²) in [4.78, 5) is 4.04. The largest absolute Gasteiger partial charge is 0.374 e. The van der Waals surface area contributed by atoms with Gasteiger partial charge in [-0.2, -0.15) is 0 Å². The predicted octanol–water partition coefficient (Wildman–Crippen LogP) is 6.76. The second kappa shape index (κ2) is 16.2. The number of hydrogen-bond acceptors (Lipinski definition) is 3. The minimum absolute atomic E-state index is 0.407. The molecule has 152 valence electrons. The van der Waals surface area contributed by atoms with Gasteiger partial charge in [-0.05, 0) is 19.8 Å². The standard InChI is InChI=1S/C23H44N2O/c1-3-4-5-6-7-8-9-10-11-12-13-14-15-16-17-18-19-24-20-21-25(22-24)23(2)26/h18-21,23,26H,3-17,22H2,1-2H3. The van der Waals surface area contributed by atoms with Crippen LogP contribution >= 0.6 is 0 Å². The highest BCUT2D eigenvalue weighted by atomic mass is 16.3. The normalized spacial score (nSPS) is 15.5. The van der Waals surface area contributed by atoms with Gasteiger partial charge in [0, 0.05) is 18.6 Å². The van der Waals surface area contributed by atoms with Crippen LogP contribution in [0.25, 0.3) is 0 Å². The summed E-state index contributed by atoms with van der Waals surface area (Å²) < 4.78 is 0. The van der Waals surface area contributed by atoms with E-state index in [0.29, 0.717) is 0 Å². The summed E-state index contributed by atoms with van der Waals surface area (Å²) in [6.07, 6.45) is 29.0. The van der Waals surface area contributed by atoms with Crippen molar-refractivity contribution in [1.82, 2.24) is 9.80 Å². The Labute approximate surface area is 163 Å². The number of aliphatic hydroxyl groups excluding tert-OH is 1. The van der Waals surface area contributed by atoms with Crippen LogP contribution in [0.2, 0.25) is 0 Å². The minimum atomic E-state index is -0.407. The van der Waals surface area contributed by atoms with Crippen molar-refractivity contribution in [2.45, 2.75) is 116 Å². The SMILES string of the molecule is CCCCCCCCCCCCCCCCC=CN1C=CN(C(C)O)C1. The van der Waals surface area contributed by atoms with Gasteiger partial charge in [-0.25, -0.2) is 0 Å². The number of aliphatic hydroxyl groups is 1. The average Bonchev–Trinajstić information content (AvgIpc) is 3.10. The maximum absolute atomic E-state index is 9.51. The van der Waals surface area contributed by atoms with E-state index in [1.807, 2.05) is 17.3 Å². The molecule has 0 aromatic rings. The van der Waals surface area contributed by atoms with E-state index < -0.39 is 6.23 Å². The van der Waals surface area contributed by atoms with Crippen molar-refractivity contribution in [1.29, 1.82) is 0 Å². The van der Waals surface area contributed by atoms with Crippen molar-refractivity contribution in [3.63, 3.8) is 0 Å². The van der Waals surface area contributed by atoms with Gasteiger partial charge in [-0.3, -0.25) is 0 Å². The number of nitrogens with zero attached hydrogens (tertiary/aromatic N) is 2. The van der Waals surface area contributed by atoms with E-state index in [9.17, 15) is 5.11 Å². The number of hydrogen-bond donors (Lipinski definition) is 1. The smallest absolute Gasteiger partial charge is 0.125 e. The zero-order valence-electron chi connectivity index (χ0n) is 17.5. The van der Waals surface area contributed by atoms with E-state index >= 15 is 0 Å². The molecule has 3 heteroatoms. The van der Waals surface area contributed by atoms with Crippen molar-refractivity contribution in [2.24, 2.45) is 0 Å². The van der Waals surface area contributed by atoms with Crippen molar-refractivity contribution in [3.8, 4) is 0 Å². The maximum Gasteiger partial charge on any atom is 0.125 e. The minimum Gasteiger partial charge on any atom is -0.374 e. The third-order valence-corrected chi connectivity index (χ3v) is 5.28. The fourth-order valence-electron chi connectivity index (χ4n) is 3.46. The van der Waals surface area contributed by atoms with Gasteiger partial charge in [0.05, 0.1) is 6.67 Å². The Morgan fingerprint density at radius 3 is 1.77 bits per heavy atom. The lowest BCUT2D eigenvalue weighted by Crippen LogP contribution is -2.29. The molecule has 0 aliphatic carbocycles. The van der Waals surface area contributed by atoms with E-state index in [0.717, 1.165) is 13.1 Å². The Morgan fingerprint density at radius 1 is 0.808 bits per heavy atom. The summed E-state index contributed by atoms with van der Waals surface area (Å²) in [7, 11) is 0. The van der Waals surface area contributed by atoms with Gasteiger partial charge < -0.3 is 14.9 Å². The maximum atomic E-state index is 9.51. The molecule has 3 nitrogen and oxygen atoms in total. The molecule has 0 saturated heterocycles. The van der Waals surface area contributed by atoms with Gasteiger partial charge in [-0.15, -0.1) is 0 Å². The van der Waals surface area contributed by atoms with Crippen LogP contribution in [0.3, 0.4) is 0 Å². The van der Waals surface area contributed by atoms with Crippen LogP contribution in [0, 0.1) is 0 Å². The topological polar surface area (TPSA) is 26.7 Å². The Balaban J connectivity index is 1.77. The summed E-state index contributed by atoms with van der Waals surface area (Å²) in [5.74, 6) is 0. The molecule has 0 spiro atoms. The quantitative estimate of drug-likeness (QED) is 0.289. The van der Waals surface area contributed by atoms with Crippen LogP contribution < -0.4 is 0 Å². The van der Waals surface area contributed by atoms with Crippen molar-refractivity contribution < 1.29 is 5.11 Å². The van der Waals surface area contributed by atoms with Crippen molar-refractivity contribution in [2.75, 3.05) is 6.67 Å². The molecular formula is C23H44N2O. The van der Waals surface area contributed by atoms with Gasteiger partial charge in [0.2, 0.25) is 0 Å². The highest BCUT2D eigenvalue weighted by molar-refractivity contribution is 4.97. The third-order valence-electron chi connectivity index (χ3n) is 5.28. The van der Waals surface area contributed by atoms with Crippen LogP contribution in [0.1, 0.15) is 110 Å². The summed E-state index contributed by atoms with van der Waals surface area (Å²) >= 11 is 0. The summed E-state index contributed by atoms with van der Waals surface area (Å²) in [6.45, 7) is 4.84. The molecule has 1 heterocycles. The monoisotopic (exact) mass is 364 g/mol. The molecule has 1 aliphatic heterocycles. The number of unbranched alkanes of at least 4 members (excludes halogenated alkanes) is 14. The van der Waals surface area contributed by atoms with Crippen LogP contribution in [-0.4, -0.2) is 27.8 Å². The van der Waals surface area contributed by atoms with Crippen LogP contribution in [0.5, 0.6) is 0 Å². The second-order valence-corrected chi connectivity index (χ2v) is 7.87. The molecule has 1 atom stereocenters. The molecule has 1 unspecified atom stereocenters. The Hall–Kier alpha value is -0.960. The van der Waals surface area contributed by atoms with Crippen LogP contribution in [-0.2, 0) is 0 Å². The fraction of sp³-hybridized carbons (Fsp3) is 0.826. The molecule has 0 amide bonds. The van der Waals surface area contributed by atoms with Gasteiger partial charge in [0.15, 0.2) is 0 Å². The van der Waals surface area contributed by atoms with Gasteiger partial charge in [0.25, 0.3) is 0 Å². The Kier molecular flexibility index (Phi) is 14.4.